The van der Waals surface area contributed by atoms with E-state index >= 15 is 0 Å². The summed E-state index contributed by atoms with van der Waals surface area (Å²) in [5.74, 6) is 0. The molecule has 0 unspecified atom stereocenters. The lowest BCUT2D eigenvalue weighted by Crippen LogP contribution is -2.59. The topological polar surface area (TPSA) is 35.5 Å². The fourth-order valence-electron chi connectivity index (χ4n) is 1.71. The number of hydrogen-bond acceptors (Lipinski definition) is 3. The van der Waals surface area contributed by atoms with Gasteiger partial charge in [-0.3, -0.25) is 4.90 Å². The minimum absolute atomic E-state index is 0.565. The zero-order chi connectivity index (χ0) is 9.90. The molecule has 1 saturated heterocycles. The molecule has 1 fully saturated rings. The Morgan fingerprint density at radius 1 is 1.46 bits per heavy atom. The Morgan fingerprint density at radius 3 is 2.38 bits per heavy atom. The summed E-state index contributed by atoms with van der Waals surface area (Å²) in [4.78, 5) is 2.39. The molecule has 2 N–H and O–H groups in total. The lowest BCUT2D eigenvalue weighted by atomic mass is 10.0. The molecule has 0 spiro atoms. The van der Waals surface area contributed by atoms with E-state index in [1.807, 2.05) is 13.8 Å². The van der Waals surface area contributed by atoms with Crippen LogP contribution in [0.2, 0.25) is 0 Å². The highest BCUT2D eigenvalue weighted by molar-refractivity contribution is 4.87. The normalized spacial score (nSPS) is 19.2. The lowest BCUT2D eigenvalue weighted by molar-refractivity contribution is 0.0109. The van der Waals surface area contributed by atoms with Gasteiger partial charge in [0.2, 0.25) is 0 Å². The third kappa shape index (κ3) is 3.63. The highest BCUT2D eigenvalue weighted by atomic mass is 16.3. The first-order valence-electron chi connectivity index (χ1n) is 5.20. The molecular weight excluding hydrogens is 164 g/mol. The number of aliphatic hydroxyl groups is 1. The predicted molar refractivity (Wildman–Crippen MR) is 54.8 cm³/mol. The van der Waals surface area contributed by atoms with Gasteiger partial charge in [0, 0.05) is 25.7 Å². The number of hydrogen-bond donors (Lipinski definition) is 2. The molecule has 0 aromatic rings. The minimum Gasteiger partial charge on any atom is -0.389 e. The van der Waals surface area contributed by atoms with E-state index in [9.17, 15) is 5.11 Å². The Morgan fingerprint density at radius 2 is 2.08 bits per heavy atom. The molecule has 3 heteroatoms. The molecule has 0 amide bonds. The van der Waals surface area contributed by atoms with E-state index < -0.39 is 5.60 Å². The Labute approximate surface area is 81.1 Å². The van der Waals surface area contributed by atoms with Gasteiger partial charge in [0.1, 0.15) is 0 Å². The van der Waals surface area contributed by atoms with Gasteiger partial charge in [0.15, 0.2) is 0 Å². The van der Waals surface area contributed by atoms with Crippen molar-refractivity contribution in [2.24, 2.45) is 0 Å². The maximum absolute atomic E-state index is 9.72. The first-order chi connectivity index (χ1) is 6.03. The third-order valence-electron chi connectivity index (χ3n) is 2.38. The predicted octanol–water partition coefficient (Wildman–Crippen LogP) is 0.441. The zero-order valence-electron chi connectivity index (χ0n) is 9.01. The molecule has 13 heavy (non-hydrogen) atoms. The maximum atomic E-state index is 9.72. The fourth-order valence-corrected chi connectivity index (χ4v) is 1.71. The summed E-state index contributed by atoms with van der Waals surface area (Å²) in [6, 6.07) is 0.645. The van der Waals surface area contributed by atoms with Gasteiger partial charge in [-0.25, -0.2) is 0 Å². The smallest absolute Gasteiger partial charge is 0.0718 e. The van der Waals surface area contributed by atoms with Gasteiger partial charge in [-0.1, -0.05) is 6.92 Å². The van der Waals surface area contributed by atoms with Crippen molar-refractivity contribution >= 4 is 0 Å². The Hall–Kier alpha value is -0.120. The number of nitrogens with one attached hydrogen (secondary N) is 1. The number of nitrogens with zero attached hydrogens (tertiary/aromatic N) is 1. The second-order valence-corrected chi connectivity index (χ2v) is 4.59. The van der Waals surface area contributed by atoms with Gasteiger partial charge in [-0.05, 0) is 26.8 Å². The molecule has 1 rings (SSSR count). The molecular formula is C10H22N2O. The van der Waals surface area contributed by atoms with Crippen LogP contribution >= 0.6 is 0 Å². The van der Waals surface area contributed by atoms with Crippen LogP contribution in [0.25, 0.3) is 0 Å². The molecule has 0 aliphatic carbocycles. The summed E-state index contributed by atoms with van der Waals surface area (Å²) >= 11 is 0. The van der Waals surface area contributed by atoms with Crippen LogP contribution in [0.1, 0.15) is 27.2 Å². The van der Waals surface area contributed by atoms with Crippen LogP contribution in [-0.2, 0) is 0 Å². The summed E-state index contributed by atoms with van der Waals surface area (Å²) in [5, 5.41) is 13.0. The molecule has 1 heterocycles. The summed E-state index contributed by atoms with van der Waals surface area (Å²) in [6.07, 6.45) is 1.16. The summed E-state index contributed by atoms with van der Waals surface area (Å²) in [7, 11) is 0. The number of rotatable bonds is 5. The summed E-state index contributed by atoms with van der Waals surface area (Å²) in [6.45, 7) is 9.97. The molecule has 1 aliphatic heterocycles. The summed E-state index contributed by atoms with van der Waals surface area (Å²) in [5.41, 5.74) is -0.565. The van der Waals surface area contributed by atoms with E-state index in [0.717, 1.165) is 32.6 Å². The second-order valence-electron chi connectivity index (χ2n) is 4.59. The molecule has 0 aromatic heterocycles. The standard InChI is InChI=1S/C10H22N2O/c1-4-5-12(8-10(2,3)13)9-6-11-7-9/h9,11,13H,4-8H2,1-3H3. The van der Waals surface area contributed by atoms with E-state index in [1.165, 1.54) is 0 Å². The van der Waals surface area contributed by atoms with Crippen molar-refractivity contribution in [3.63, 3.8) is 0 Å². The monoisotopic (exact) mass is 186 g/mol. The van der Waals surface area contributed by atoms with Crippen molar-refractivity contribution in [2.75, 3.05) is 26.2 Å². The Balaban J connectivity index is 2.37. The zero-order valence-corrected chi connectivity index (χ0v) is 9.01. The summed E-state index contributed by atoms with van der Waals surface area (Å²) < 4.78 is 0. The van der Waals surface area contributed by atoms with Crippen LogP contribution in [0.5, 0.6) is 0 Å². The van der Waals surface area contributed by atoms with Crippen LogP contribution in [0.4, 0.5) is 0 Å². The van der Waals surface area contributed by atoms with Crippen molar-refractivity contribution in [3.05, 3.63) is 0 Å². The van der Waals surface area contributed by atoms with Crippen molar-refractivity contribution in [1.82, 2.24) is 10.2 Å². The molecule has 0 aromatic carbocycles. The molecule has 0 bridgehead atoms. The molecule has 0 atom stereocenters. The van der Waals surface area contributed by atoms with Crippen LogP contribution in [0.3, 0.4) is 0 Å². The van der Waals surface area contributed by atoms with Gasteiger partial charge >= 0.3 is 0 Å². The van der Waals surface area contributed by atoms with Crippen molar-refractivity contribution in [2.45, 2.75) is 38.8 Å². The highest BCUT2D eigenvalue weighted by Crippen LogP contribution is 2.11. The van der Waals surface area contributed by atoms with Gasteiger partial charge in [-0.2, -0.15) is 0 Å². The second kappa shape index (κ2) is 4.40. The van der Waals surface area contributed by atoms with Gasteiger partial charge < -0.3 is 10.4 Å². The third-order valence-corrected chi connectivity index (χ3v) is 2.38. The van der Waals surface area contributed by atoms with Gasteiger partial charge in [-0.15, -0.1) is 0 Å². The van der Waals surface area contributed by atoms with Crippen LogP contribution in [0, 0.1) is 0 Å². The Kier molecular flexibility index (Phi) is 3.71. The van der Waals surface area contributed by atoms with Crippen molar-refractivity contribution < 1.29 is 5.11 Å². The van der Waals surface area contributed by atoms with E-state index in [-0.39, 0.29) is 0 Å². The molecule has 0 radical (unpaired) electrons. The quantitative estimate of drug-likeness (QED) is 0.654. The Bertz CT molecular complexity index is 149. The molecule has 0 saturated carbocycles. The average molecular weight is 186 g/mol. The fraction of sp³-hybridized carbons (Fsp3) is 1.00. The molecule has 1 aliphatic rings. The first-order valence-corrected chi connectivity index (χ1v) is 5.20. The molecule has 3 nitrogen and oxygen atoms in total. The van der Waals surface area contributed by atoms with Crippen molar-refractivity contribution in [1.29, 1.82) is 0 Å². The minimum atomic E-state index is -0.565. The van der Waals surface area contributed by atoms with Gasteiger partial charge in [0.25, 0.3) is 0 Å². The van der Waals surface area contributed by atoms with E-state index in [0.29, 0.717) is 6.04 Å². The first kappa shape index (κ1) is 11.0. The maximum Gasteiger partial charge on any atom is 0.0718 e. The lowest BCUT2D eigenvalue weighted by Gasteiger charge is -2.40. The molecule has 78 valence electrons. The van der Waals surface area contributed by atoms with E-state index in [4.69, 9.17) is 0 Å². The van der Waals surface area contributed by atoms with Crippen LogP contribution in [-0.4, -0.2) is 47.8 Å². The van der Waals surface area contributed by atoms with Gasteiger partial charge in [0.05, 0.1) is 5.60 Å². The van der Waals surface area contributed by atoms with E-state index in [1.54, 1.807) is 0 Å². The SMILES string of the molecule is CCCN(CC(C)(C)O)C1CNC1. The largest absolute Gasteiger partial charge is 0.389 e. The van der Waals surface area contributed by atoms with E-state index in [2.05, 4.69) is 17.1 Å². The van der Waals surface area contributed by atoms with Crippen LogP contribution < -0.4 is 5.32 Å². The highest BCUT2D eigenvalue weighted by Gasteiger charge is 2.27. The van der Waals surface area contributed by atoms with Crippen LogP contribution in [0.15, 0.2) is 0 Å². The van der Waals surface area contributed by atoms with Crippen molar-refractivity contribution in [3.8, 4) is 0 Å². The average Bonchev–Trinajstić information content (AvgIpc) is 1.79.